The minimum Gasteiger partial charge on any atom is -0.489 e. The molecule has 1 aliphatic rings. The first-order valence-corrected chi connectivity index (χ1v) is 7.15. The molecule has 2 nitrogen and oxygen atoms in total. The molecule has 0 saturated heterocycles. The molecular weight excluding hydrogens is 323 g/mol. The smallest absolute Gasteiger partial charge is 0.163 e. The quantitative estimate of drug-likeness (QED) is 0.836. The fraction of sp³-hybridized carbons (Fsp3) is 0.188. The highest BCUT2D eigenvalue weighted by Gasteiger charge is 2.22. The SMILES string of the molecule is O=C1CCc2c(OCc3cc(F)cc(Br)c3)cccc21. The van der Waals surface area contributed by atoms with Gasteiger partial charge >= 0.3 is 0 Å². The van der Waals surface area contributed by atoms with Gasteiger partial charge in [-0.05, 0) is 36.2 Å². The maximum atomic E-state index is 13.3. The minimum atomic E-state index is -0.300. The molecule has 2 aromatic rings. The Bertz CT molecular complexity index is 662. The van der Waals surface area contributed by atoms with Crippen molar-refractivity contribution in [2.75, 3.05) is 0 Å². The zero-order valence-corrected chi connectivity index (χ0v) is 12.2. The highest BCUT2D eigenvalue weighted by molar-refractivity contribution is 9.10. The van der Waals surface area contributed by atoms with Gasteiger partial charge in [0.15, 0.2) is 5.78 Å². The molecule has 0 spiro atoms. The van der Waals surface area contributed by atoms with E-state index in [1.165, 1.54) is 12.1 Å². The minimum absolute atomic E-state index is 0.166. The summed E-state index contributed by atoms with van der Waals surface area (Å²) in [6.07, 6.45) is 1.26. The summed E-state index contributed by atoms with van der Waals surface area (Å²) in [4.78, 5) is 11.7. The summed E-state index contributed by atoms with van der Waals surface area (Å²) in [5.74, 6) is 0.583. The number of Topliss-reactive ketones (excluding diaryl/α,β-unsaturated/α-hetero) is 1. The van der Waals surface area contributed by atoms with Gasteiger partial charge in [0.25, 0.3) is 0 Å². The van der Waals surface area contributed by atoms with Crippen molar-refractivity contribution in [1.29, 1.82) is 0 Å². The lowest BCUT2D eigenvalue weighted by Crippen LogP contribution is -1.99. The third-order valence-corrected chi connectivity index (χ3v) is 3.81. The first kappa shape index (κ1) is 13.3. The van der Waals surface area contributed by atoms with Gasteiger partial charge in [0.05, 0.1) is 0 Å². The fourth-order valence-electron chi connectivity index (χ4n) is 2.45. The normalized spacial score (nSPS) is 13.4. The maximum absolute atomic E-state index is 13.3. The number of benzene rings is 2. The van der Waals surface area contributed by atoms with Crippen LogP contribution >= 0.6 is 15.9 Å². The molecule has 0 aromatic heterocycles. The van der Waals surface area contributed by atoms with E-state index in [-0.39, 0.29) is 18.2 Å². The Morgan fingerprint density at radius 2 is 2.05 bits per heavy atom. The maximum Gasteiger partial charge on any atom is 0.163 e. The molecule has 2 aromatic carbocycles. The summed E-state index contributed by atoms with van der Waals surface area (Å²) < 4.78 is 19.7. The van der Waals surface area contributed by atoms with E-state index in [1.54, 1.807) is 0 Å². The zero-order valence-electron chi connectivity index (χ0n) is 10.7. The Balaban J connectivity index is 1.81. The summed E-state index contributed by atoms with van der Waals surface area (Å²) in [5, 5.41) is 0. The number of carbonyl (C=O) groups excluding carboxylic acids is 1. The molecule has 0 bridgehead atoms. The van der Waals surface area contributed by atoms with E-state index in [2.05, 4.69) is 15.9 Å². The molecule has 0 saturated carbocycles. The van der Waals surface area contributed by atoms with Crippen LogP contribution in [0.2, 0.25) is 0 Å². The van der Waals surface area contributed by atoms with Crippen molar-refractivity contribution < 1.29 is 13.9 Å². The molecule has 0 radical (unpaired) electrons. The summed E-state index contributed by atoms with van der Waals surface area (Å²) in [6.45, 7) is 0.279. The Morgan fingerprint density at radius 3 is 2.85 bits per heavy atom. The molecule has 102 valence electrons. The molecule has 0 amide bonds. The second-order valence-electron chi connectivity index (χ2n) is 4.77. The van der Waals surface area contributed by atoms with Crippen LogP contribution in [0.15, 0.2) is 40.9 Å². The van der Waals surface area contributed by atoms with Crippen LogP contribution in [0.5, 0.6) is 5.75 Å². The van der Waals surface area contributed by atoms with Gasteiger partial charge in [-0.25, -0.2) is 4.39 Å². The van der Waals surface area contributed by atoms with Gasteiger partial charge in [0, 0.05) is 22.0 Å². The number of fused-ring (bicyclic) bond motifs is 1. The summed E-state index contributed by atoms with van der Waals surface area (Å²) in [5.41, 5.74) is 2.47. The van der Waals surface area contributed by atoms with Gasteiger partial charge in [0.1, 0.15) is 18.2 Å². The summed E-state index contributed by atoms with van der Waals surface area (Å²) in [6, 6.07) is 10.2. The Hall–Kier alpha value is -1.68. The van der Waals surface area contributed by atoms with Crippen LogP contribution in [-0.4, -0.2) is 5.78 Å². The number of ketones is 1. The van der Waals surface area contributed by atoms with Crippen LogP contribution in [0.25, 0.3) is 0 Å². The number of ether oxygens (including phenoxy) is 1. The van der Waals surface area contributed by atoms with Gasteiger partial charge in [0.2, 0.25) is 0 Å². The lowest BCUT2D eigenvalue weighted by Gasteiger charge is -2.10. The van der Waals surface area contributed by atoms with Crippen molar-refractivity contribution in [3.05, 3.63) is 63.4 Å². The average Bonchev–Trinajstić information content (AvgIpc) is 2.78. The van der Waals surface area contributed by atoms with Crippen molar-refractivity contribution in [3.63, 3.8) is 0 Å². The predicted octanol–water partition coefficient (Wildman–Crippen LogP) is 4.30. The van der Waals surface area contributed by atoms with Crippen molar-refractivity contribution in [2.45, 2.75) is 19.4 Å². The molecule has 4 heteroatoms. The van der Waals surface area contributed by atoms with Crippen molar-refractivity contribution >= 4 is 21.7 Å². The summed E-state index contributed by atoms with van der Waals surface area (Å²) >= 11 is 3.26. The average molecular weight is 335 g/mol. The molecule has 0 atom stereocenters. The third-order valence-electron chi connectivity index (χ3n) is 3.35. The molecule has 0 unspecified atom stereocenters. The van der Waals surface area contributed by atoms with Crippen molar-refractivity contribution in [1.82, 2.24) is 0 Å². The number of hydrogen-bond acceptors (Lipinski definition) is 2. The number of carbonyl (C=O) groups is 1. The van der Waals surface area contributed by atoms with E-state index in [0.717, 1.165) is 23.1 Å². The van der Waals surface area contributed by atoms with E-state index in [4.69, 9.17) is 4.74 Å². The van der Waals surface area contributed by atoms with Crippen LogP contribution < -0.4 is 4.74 Å². The van der Waals surface area contributed by atoms with Gasteiger partial charge < -0.3 is 4.74 Å². The first-order valence-electron chi connectivity index (χ1n) is 6.36. The molecule has 0 heterocycles. The summed E-state index contributed by atoms with van der Waals surface area (Å²) in [7, 11) is 0. The van der Waals surface area contributed by atoms with Crippen LogP contribution in [0.1, 0.15) is 27.9 Å². The monoisotopic (exact) mass is 334 g/mol. The molecule has 0 aliphatic heterocycles. The van der Waals surface area contributed by atoms with E-state index in [9.17, 15) is 9.18 Å². The lowest BCUT2D eigenvalue weighted by atomic mass is 10.1. The number of halogens is 2. The third kappa shape index (κ3) is 2.61. The number of hydrogen-bond donors (Lipinski definition) is 0. The number of rotatable bonds is 3. The zero-order chi connectivity index (χ0) is 14.1. The van der Waals surface area contributed by atoms with E-state index in [1.807, 2.05) is 24.3 Å². The second-order valence-corrected chi connectivity index (χ2v) is 5.69. The van der Waals surface area contributed by atoms with Crippen LogP contribution in [-0.2, 0) is 13.0 Å². The van der Waals surface area contributed by atoms with E-state index in [0.29, 0.717) is 16.6 Å². The predicted molar refractivity (Wildman–Crippen MR) is 77.5 cm³/mol. The van der Waals surface area contributed by atoms with Crippen molar-refractivity contribution in [2.24, 2.45) is 0 Å². The fourth-order valence-corrected chi connectivity index (χ4v) is 2.96. The molecule has 0 N–H and O–H groups in total. The van der Waals surface area contributed by atoms with Gasteiger partial charge in [-0.15, -0.1) is 0 Å². The lowest BCUT2D eigenvalue weighted by molar-refractivity contribution is 0.0994. The largest absolute Gasteiger partial charge is 0.489 e. The highest BCUT2D eigenvalue weighted by Crippen LogP contribution is 2.31. The molecular formula is C16H12BrFO2. The topological polar surface area (TPSA) is 26.3 Å². The van der Waals surface area contributed by atoms with Crippen LogP contribution in [0.3, 0.4) is 0 Å². The van der Waals surface area contributed by atoms with E-state index >= 15 is 0 Å². The first-order chi connectivity index (χ1) is 9.63. The van der Waals surface area contributed by atoms with Gasteiger partial charge in [-0.3, -0.25) is 4.79 Å². The molecule has 1 aliphatic carbocycles. The van der Waals surface area contributed by atoms with Gasteiger partial charge in [-0.2, -0.15) is 0 Å². The van der Waals surface area contributed by atoms with Crippen molar-refractivity contribution in [3.8, 4) is 5.75 Å². The molecule has 20 heavy (non-hydrogen) atoms. The Morgan fingerprint density at radius 1 is 1.20 bits per heavy atom. The van der Waals surface area contributed by atoms with Gasteiger partial charge in [-0.1, -0.05) is 28.1 Å². The van der Waals surface area contributed by atoms with Crippen LogP contribution in [0.4, 0.5) is 4.39 Å². The second kappa shape index (κ2) is 5.37. The van der Waals surface area contributed by atoms with E-state index < -0.39 is 0 Å². The van der Waals surface area contributed by atoms with Crippen LogP contribution in [0, 0.1) is 5.82 Å². The Kier molecular flexibility index (Phi) is 3.57. The standard InChI is InChI=1S/C16H12BrFO2/c17-11-6-10(7-12(18)8-11)9-20-16-3-1-2-13-14(16)4-5-15(13)19/h1-3,6-8H,4-5,9H2. The Labute approximate surface area is 124 Å². The highest BCUT2D eigenvalue weighted by atomic mass is 79.9. The molecule has 3 rings (SSSR count). The molecule has 0 fully saturated rings.